The monoisotopic (exact) mass is 491 g/mol. The van der Waals surface area contributed by atoms with E-state index in [9.17, 15) is 14.7 Å². The van der Waals surface area contributed by atoms with Gasteiger partial charge in [0.05, 0.1) is 6.54 Å². The van der Waals surface area contributed by atoms with E-state index in [2.05, 4.69) is 32.0 Å². The molecule has 10 nitrogen and oxygen atoms in total. The van der Waals surface area contributed by atoms with Crippen LogP contribution in [0.4, 0.5) is 4.79 Å². The maximum Gasteiger partial charge on any atom is 0.405 e. The number of nitrogens with one attached hydrogen (secondary N) is 1. The Labute approximate surface area is 208 Å². The number of amides is 2. The Hall–Kier alpha value is -4.10. The summed E-state index contributed by atoms with van der Waals surface area (Å²) in [7, 11) is 0. The summed E-state index contributed by atoms with van der Waals surface area (Å²) in [5.41, 5.74) is 7.43. The molecule has 188 valence electrons. The molecule has 10 heteroatoms. The fraction of sp³-hybridized carbons (Fsp3) is 0.385. The van der Waals surface area contributed by atoms with Gasteiger partial charge in [0.25, 0.3) is 5.91 Å². The molecule has 4 rings (SSSR count). The van der Waals surface area contributed by atoms with Crippen molar-refractivity contribution in [3.05, 3.63) is 59.8 Å². The number of primary amides is 1. The number of carbonyl (C=O) groups is 2. The average molecular weight is 492 g/mol. The van der Waals surface area contributed by atoms with Gasteiger partial charge >= 0.3 is 6.09 Å². The maximum absolute atomic E-state index is 11.8. The number of hydrogen-bond acceptors (Lipinski definition) is 7. The zero-order valence-corrected chi connectivity index (χ0v) is 20.0. The Morgan fingerprint density at radius 2 is 2.03 bits per heavy atom. The largest absolute Gasteiger partial charge is 0.440 e. The lowest BCUT2D eigenvalue weighted by Gasteiger charge is -2.26. The molecule has 1 aliphatic rings. The van der Waals surface area contributed by atoms with Crippen molar-refractivity contribution in [1.29, 1.82) is 0 Å². The number of imidazole rings is 1. The molecule has 1 fully saturated rings. The minimum atomic E-state index is -0.958. The SMILES string of the molecule is C[C@H](O)c1nccn1Cc1cc(-c2ccc(C#CC3CCC(NC(=O)COC(N)=O)CC3)cc2)on1. The van der Waals surface area contributed by atoms with Crippen LogP contribution in [0.1, 0.15) is 55.8 Å². The van der Waals surface area contributed by atoms with Crippen molar-refractivity contribution in [1.82, 2.24) is 20.0 Å². The number of nitrogens with two attached hydrogens (primary N) is 1. The summed E-state index contributed by atoms with van der Waals surface area (Å²) in [5.74, 6) is 7.75. The molecular formula is C26H29N5O5. The fourth-order valence-corrected chi connectivity index (χ4v) is 4.21. The molecule has 2 heterocycles. The summed E-state index contributed by atoms with van der Waals surface area (Å²) < 4.78 is 11.9. The Kier molecular flexibility index (Phi) is 8.02. The van der Waals surface area contributed by atoms with Gasteiger partial charge in [-0.1, -0.05) is 17.0 Å². The standard InChI is InChI=1S/C26H29N5O5/c1-17(32)25-28-12-13-31(25)15-22-14-23(36-30-22)20-8-4-18(5-9-20)2-3-19-6-10-21(11-7-19)29-24(33)16-35-26(27)34/h4-5,8-9,12-14,17,19,21,32H,6-7,10-11,15-16H2,1H3,(H2,27,34)(H,29,33)/t17-,19?,21?/m0/s1. The van der Waals surface area contributed by atoms with E-state index in [1.807, 2.05) is 34.9 Å². The number of carbonyl (C=O) groups excluding carboxylic acids is 2. The van der Waals surface area contributed by atoms with Gasteiger partial charge in [-0.15, -0.1) is 0 Å². The van der Waals surface area contributed by atoms with Gasteiger partial charge in [-0.25, -0.2) is 9.78 Å². The lowest BCUT2D eigenvalue weighted by atomic mass is 9.86. The minimum absolute atomic E-state index is 0.0607. The molecule has 2 amide bonds. The van der Waals surface area contributed by atoms with Gasteiger partial charge < -0.3 is 30.0 Å². The molecule has 1 aromatic carbocycles. The van der Waals surface area contributed by atoms with Gasteiger partial charge in [0.1, 0.15) is 17.6 Å². The third kappa shape index (κ3) is 6.73. The zero-order chi connectivity index (χ0) is 25.5. The molecule has 0 radical (unpaired) electrons. The van der Waals surface area contributed by atoms with Crippen molar-refractivity contribution in [2.45, 2.75) is 51.3 Å². The first-order chi connectivity index (χ1) is 17.4. The molecule has 1 atom stereocenters. The summed E-state index contributed by atoms with van der Waals surface area (Å²) in [6.07, 6.45) is 5.26. The second-order valence-electron chi connectivity index (χ2n) is 8.84. The predicted octanol–water partition coefficient (Wildman–Crippen LogP) is 2.76. The van der Waals surface area contributed by atoms with Crippen molar-refractivity contribution >= 4 is 12.0 Å². The highest BCUT2D eigenvalue weighted by Crippen LogP contribution is 2.25. The zero-order valence-electron chi connectivity index (χ0n) is 20.0. The van der Waals surface area contributed by atoms with Gasteiger partial charge in [-0.2, -0.15) is 0 Å². The van der Waals surface area contributed by atoms with Gasteiger partial charge in [0, 0.05) is 41.5 Å². The van der Waals surface area contributed by atoms with Crippen molar-refractivity contribution in [3.8, 4) is 23.2 Å². The molecule has 36 heavy (non-hydrogen) atoms. The normalized spacial score (nSPS) is 18.1. The summed E-state index contributed by atoms with van der Waals surface area (Å²) in [6.45, 7) is 1.78. The van der Waals surface area contributed by atoms with E-state index >= 15 is 0 Å². The first-order valence-corrected chi connectivity index (χ1v) is 11.9. The molecule has 1 aliphatic carbocycles. The lowest BCUT2D eigenvalue weighted by molar-refractivity contribution is -0.124. The highest BCUT2D eigenvalue weighted by Gasteiger charge is 2.21. The third-order valence-electron chi connectivity index (χ3n) is 6.04. The second kappa shape index (κ2) is 11.6. The van der Waals surface area contributed by atoms with Gasteiger partial charge in [0.15, 0.2) is 12.4 Å². The number of benzene rings is 1. The van der Waals surface area contributed by atoms with Gasteiger partial charge in [-0.05, 0) is 56.9 Å². The highest BCUT2D eigenvalue weighted by atomic mass is 16.5. The number of rotatable bonds is 7. The highest BCUT2D eigenvalue weighted by molar-refractivity contribution is 5.79. The molecule has 3 aromatic rings. The van der Waals surface area contributed by atoms with Gasteiger partial charge in [0.2, 0.25) is 0 Å². The van der Waals surface area contributed by atoms with E-state index in [0.717, 1.165) is 42.5 Å². The fourth-order valence-electron chi connectivity index (χ4n) is 4.21. The number of ether oxygens (including phenoxy) is 1. The maximum atomic E-state index is 11.8. The molecule has 0 bridgehead atoms. The summed E-state index contributed by atoms with van der Waals surface area (Å²) >= 11 is 0. The molecule has 0 unspecified atom stereocenters. The Balaban J connectivity index is 1.28. The first kappa shape index (κ1) is 25.0. The molecule has 2 aromatic heterocycles. The van der Waals surface area contributed by atoms with Crippen LogP contribution in [0, 0.1) is 17.8 Å². The van der Waals surface area contributed by atoms with Gasteiger partial charge in [-0.3, -0.25) is 4.79 Å². The van der Waals surface area contributed by atoms with Crippen LogP contribution in [0.2, 0.25) is 0 Å². The summed E-state index contributed by atoms with van der Waals surface area (Å²) in [6, 6.07) is 9.75. The van der Waals surface area contributed by atoms with Crippen LogP contribution < -0.4 is 11.1 Å². The molecule has 0 saturated heterocycles. The van der Waals surface area contributed by atoms with Crippen molar-refractivity contribution in [2.75, 3.05) is 6.61 Å². The van der Waals surface area contributed by atoms with Crippen LogP contribution in [0.5, 0.6) is 0 Å². The van der Waals surface area contributed by atoms with Crippen LogP contribution in [0.25, 0.3) is 11.3 Å². The summed E-state index contributed by atoms with van der Waals surface area (Å²) in [5, 5.41) is 16.8. The number of aliphatic hydroxyl groups is 1. The van der Waals surface area contributed by atoms with E-state index in [-0.39, 0.29) is 24.5 Å². The van der Waals surface area contributed by atoms with E-state index in [1.165, 1.54) is 0 Å². The number of aromatic nitrogens is 3. The second-order valence-corrected chi connectivity index (χ2v) is 8.84. The smallest absolute Gasteiger partial charge is 0.405 e. The van der Waals surface area contributed by atoms with E-state index in [4.69, 9.17) is 10.3 Å². The quantitative estimate of drug-likeness (QED) is 0.431. The molecule has 0 spiro atoms. The molecule has 1 saturated carbocycles. The third-order valence-corrected chi connectivity index (χ3v) is 6.04. The summed E-state index contributed by atoms with van der Waals surface area (Å²) in [4.78, 5) is 26.5. The molecule has 4 N–H and O–H groups in total. The van der Waals surface area contributed by atoms with Crippen LogP contribution >= 0.6 is 0 Å². The Bertz CT molecular complexity index is 1240. The number of nitrogens with zero attached hydrogens (tertiary/aromatic N) is 3. The van der Waals surface area contributed by atoms with Crippen LogP contribution in [0.15, 0.2) is 47.2 Å². The van der Waals surface area contributed by atoms with Crippen LogP contribution in [-0.4, -0.2) is 44.5 Å². The van der Waals surface area contributed by atoms with Crippen molar-refractivity contribution < 1.29 is 24.0 Å². The van der Waals surface area contributed by atoms with Crippen molar-refractivity contribution in [2.24, 2.45) is 11.7 Å². The average Bonchev–Trinajstić information content (AvgIpc) is 3.53. The van der Waals surface area contributed by atoms with E-state index < -0.39 is 12.2 Å². The van der Waals surface area contributed by atoms with E-state index in [1.54, 1.807) is 19.3 Å². The topological polar surface area (TPSA) is 146 Å². The number of aliphatic hydroxyl groups excluding tert-OH is 1. The number of hydrogen-bond donors (Lipinski definition) is 3. The van der Waals surface area contributed by atoms with E-state index in [0.29, 0.717) is 18.1 Å². The molecular weight excluding hydrogens is 462 g/mol. The lowest BCUT2D eigenvalue weighted by Crippen LogP contribution is -2.40. The predicted molar refractivity (Wildman–Crippen MR) is 130 cm³/mol. The van der Waals surface area contributed by atoms with Crippen molar-refractivity contribution in [3.63, 3.8) is 0 Å². The van der Waals surface area contributed by atoms with Crippen LogP contribution in [0.3, 0.4) is 0 Å². The molecule has 0 aliphatic heterocycles. The minimum Gasteiger partial charge on any atom is -0.440 e. The Morgan fingerprint density at radius 3 is 2.72 bits per heavy atom. The van der Waals surface area contributed by atoms with Crippen LogP contribution in [-0.2, 0) is 16.1 Å². The first-order valence-electron chi connectivity index (χ1n) is 11.9. The Morgan fingerprint density at radius 1 is 1.28 bits per heavy atom.